The molecule has 150 valence electrons. The number of carbonyl (C=O) groups excluding carboxylic acids is 2. The summed E-state index contributed by atoms with van der Waals surface area (Å²) in [6.45, 7) is 0. The van der Waals surface area contributed by atoms with Crippen molar-refractivity contribution >= 4 is 23.9 Å². The van der Waals surface area contributed by atoms with E-state index in [1.165, 1.54) is 48.5 Å². The summed E-state index contributed by atoms with van der Waals surface area (Å²) >= 11 is 0. The van der Waals surface area contributed by atoms with Crippen LogP contribution >= 0.6 is 0 Å². The maximum Gasteiger partial charge on any atom is 0.349 e. The molecule has 2 rings (SSSR count). The summed E-state index contributed by atoms with van der Waals surface area (Å²) in [5.41, 5.74) is 0.0505. The largest absolute Gasteiger partial charge is 0.478 e. The number of hydrogen-bond donors (Lipinski definition) is 4. The average molecular weight is 392 g/mol. The number of hydrogen-bond acceptors (Lipinski definition) is 8. The van der Waals surface area contributed by atoms with Gasteiger partial charge in [0.2, 0.25) is 12.2 Å². The lowest BCUT2D eigenvalue weighted by Gasteiger charge is -2.21. The van der Waals surface area contributed by atoms with Crippen molar-refractivity contribution in [2.75, 3.05) is 0 Å². The summed E-state index contributed by atoms with van der Waals surface area (Å²) in [7, 11) is 0. The van der Waals surface area contributed by atoms with Gasteiger partial charge in [-0.1, -0.05) is 36.4 Å². The number of rotatable bonds is 7. The van der Waals surface area contributed by atoms with Gasteiger partial charge in [-0.2, -0.15) is 0 Å². The van der Waals surface area contributed by atoms with Gasteiger partial charge in [0.15, 0.2) is 0 Å². The van der Waals surface area contributed by atoms with Gasteiger partial charge >= 0.3 is 23.9 Å². The molecule has 0 saturated heterocycles. The molecule has 0 saturated carbocycles. The van der Waals surface area contributed by atoms with Crippen LogP contribution in [0.4, 0.5) is 0 Å². The van der Waals surface area contributed by atoms with Crippen LogP contribution in [0, 0.1) is 0 Å². The van der Waals surface area contributed by atoms with E-state index in [0.717, 1.165) is 0 Å². The molecule has 2 atom stereocenters. The van der Waals surface area contributed by atoms with Gasteiger partial charge in [-0.25, -0.2) is 19.2 Å². The quantitative estimate of drug-likeness (QED) is 0.505. The van der Waals surface area contributed by atoms with Crippen molar-refractivity contribution in [2.45, 2.75) is 12.2 Å². The maximum atomic E-state index is 12.0. The normalized spacial score (nSPS) is 11.6. The molecule has 2 aromatic rings. The topological polar surface area (TPSA) is 197 Å². The Balaban J connectivity index is 0.00000364. The van der Waals surface area contributed by atoms with Crippen LogP contribution in [0.25, 0.3) is 0 Å². The first-order valence-corrected chi connectivity index (χ1v) is 7.38. The van der Waals surface area contributed by atoms with E-state index in [1.807, 2.05) is 0 Å². The molecule has 0 spiro atoms. The first-order valence-electron chi connectivity index (χ1n) is 7.38. The third kappa shape index (κ3) is 6.20. The van der Waals surface area contributed by atoms with Crippen LogP contribution < -0.4 is 12.3 Å². The predicted octanol–water partition coefficient (Wildman–Crippen LogP) is 1.93. The lowest BCUT2D eigenvalue weighted by molar-refractivity contribution is -0.166. The van der Waals surface area contributed by atoms with Gasteiger partial charge in [-0.05, 0) is 24.3 Å². The SMILES string of the molecule is N.N.O=C(OC(C(=O)O)C(OC(=O)c1ccccc1)C(=O)O)c1ccccc1. The van der Waals surface area contributed by atoms with Crippen molar-refractivity contribution < 1.29 is 38.9 Å². The highest BCUT2D eigenvalue weighted by Crippen LogP contribution is 2.13. The fourth-order valence-corrected chi connectivity index (χ4v) is 2.00. The fourth-order valence-electron chi connectivity index (χ4n) is 2.00. The van der Waals surface area contributed by atoms with Gasteiger partial charge in [-0.15, -0.1) is 0 Å². The standard InChI is InChI=1S/C18H14O8.2H3N/c19-15(20)13(25-17(23)11-7-3-1-4-8-11)14(16(21)22)26-18(24)12-9-5-2-6-10-12;;/h1-10,13-14H,(H,19,20)(H,21,22);2*1H3. The molecule has 8 N–H and O–H groups in total. The lowest BCUT2D eigenvalue weighted by atomic mass is 10.1. The zero-order valence-electron chi connectivity index (χ0n) is 14.7. The molecular formula is C18H20N2O8. The second kappa shape index (κ2) is 11.1. The Hall–Kier alpha value is -3.76. The van der Waals surface area contributed by atoms with Gasteiger partial charge in [-0.3, -0.25) is 0 Å². The van der Waals surface area contributed by atoms with E-state index in [1.54, 1.807) is 12.1 Å². The highest BCUT2D eigenvalue weighted by molar-refractivity contribution is 5.95. The number of esters is 2. The molecule has 0 amide bonds. The van der Waals surface area contributed by atoms with E-state index in [4.69, 9.17) is 9.47 Å². The van der Waals surface area contributed by atoms with E-state index in [-0.39, 0.29) is 23.4 Å². The zero-order chi connectivity index (χ0) is 19.1. The van der Waals surface area contributed by atoms with Crippen molar-refractivity contribution in [3.05, 3.63) is 71.8 Å². The van der Waals surface area contributed by atoms with Crippen LogP contribution in [0.15, 0.2) is 60.7 Å². The Morgan fingerprint density at radius 2 is 0.893 bits per heavy atom. The van der Waals surface area contributed by atoms with Gasteiger partial charge in [0, 0.05) is 0 Å². The van der Waals surface area contributed by atoms with E-state index in [0.29, 0.717) is 0 Å². The molecule has 0 aliphatic carbocycles. The Kier molecular flexibility index (Phi) is 9.57. The Morgan fingerprint density at radius 1 is 0.607 bits per heavy atom. The Labute approximate surface area is 159 Å². The van der Waals surface area contributed by atoms with Gasteiger partial charge in [0.25, 0.3) is 0 Å². The summed E-state index contributed by atoms with van der Waals surface area (Å²) in [5.74, 6) is -5.63. The molecule has 0 fully saturated rings. The number of carboxylic acid groups (broad SMARTS) is 2. The minimum absolute atomic E-state index is 0. The fraction of sp³-hybridized carbons (Fsp3) is 0.111. The van der Waals surface area contributed by atoms with Gasteiger partial charge in [0.05, 0.1) is 11.1 Å². The van der Waals surface area contributed by atoms with Crippen LogP contribution in [-0.2, 0) is 19.1 Å². The lowest BCUT2D eigenvalue weighted by Crippen LogP contribution is -2.45. The van der Waals surface area contributed by atoms with Gasteiger partial charge in [0.1, 0.15) is 0 Å². The van der Waals surface area contributed by atoms with Gasteiger partial charge < -0.3 is 32.0 Å². The van der Waals surface area contributed by atoms with Crippen LogP contribution in [0.3, 0.4) is 0 Å². The molecule has 0 heterocycles. The predicted molar refractivity (Wildman–Crippen MR) is 96.6 cm³/mol. The van der Waals surface area contributed by atoms with E-state index in [2.05, 4.69) is 0 Å². The second-order valence-corrected chi connectivity index (χ2v) is 5.06. The zero-order valence-corrected chi connectivity index (χ0v) is 14.7. The molecule has 28 heavy (non-hydrogen) atoms. The Morgan fingerprint density at radius 3 is 1.14 bits per heavy atom. The molecule has 0 radical (unpaired) electrons. The maximum absolute atomic E-state index is 12.0. The Bertz CT molecular complexity index is 741. The molecule has 0 aliphatic heterocycles. The van der Waals surface area contributed by atoms with Crippen molar-refractivity contribution in [3.63, 3.8) is 0 Å². The summed E-state index contributed by atoms with van der Waals surface area (Å²) < 4.78 is 9.52. The molecule has 2 unspecified atom stereocenters. The summed E-state index contributed by atoms with van der Waals surface area (Å²) in [5, 5.41) is 18.5. The average Bonchev–Trinajstić information content (AvgIpc) is 2.65. The second-order valence-electron chi connectivity index (χ2n) is 5.06. The van der Waals surface area contributed by atoms with Crippen molar-refractivity contribution in [1.82, 2.24) is 12.3 Å². The first kappa shape index (κ1) is 24.2. The third-order valence-electron chi connectivity index (χ3n) is 3.25. The summed E-state index contributed by atoms with van der Waals surface area (Å²) in [6, 6.07) is 14.8. The van der Waals surface area contributed by atoms with E-state index in [9.17, 15) is 29.4 Å². The summed E-state index contributed by atoms with van der Waals surface area (Å²) in [6.07, 6.45) is -4.43. The number of carboxylic acids is 2. The minimum Gasteiger partial charge on any atom is -0.478 e. The van der Waals surface area contributed by atoms with Crippen molar-refractivity contribution in [2.24, 2.45) is 0 Å². The number of ether oxygens (including phenoxy) is 2. The molecule has 2 aromatic carbocycles. The number of carbonyl (C=O) groups is 4. The van der Waals surface area contributed by atoms with Crippen LogP contribution in [0.1, 0.15) is 20.7 Å². The first-order chi connectivity index (χ1) is 12.4. The smallest absolute Gasteiger partial charge is 0.349 e. The number of aliphatic carboxylic acids is 2. The molecule has 0 bridgehead atoms. The number of benzene rings is 2. The molecule has 0 aromatic heterocycles. The third-order valence-corrected chi connectivity index (χ3v) is 3.25. The highest BCUT2D eigenvalue weighted by Gasteiger charge is 2.40. The molecule has 10 heteroatoms. The van der Waals surface area contributed by atoms with E-state index < -0.39 is 36.1 Å². The van der Waals surface area contributed by atoms with Crippen molar-refractivity contribution in [3.8, 4) is 0 Å². The van der Waals surface area contributed by atoms with Crippen molar-refractivity contribution in [1.29, 1.82) is 0 Å². The monoisotopic (exact) mass is 392 g/mol. The molecular weight excluding hydrogens is 372 g/mol. The van der Waals surface area contributed by atoms with Crippen LogP contribution in [0.2, 0.25) is 0 Å². The molecule has 0 aliphatic rings. The minimum atomic E-state index is -2.21. The molecule has 10 nitrogen and oxygen atoms in total. The highest BCUT2D eigenvalue weighted by atomic mass is 16.6. The van der Waals surface area contributed by atoms with Crippen LogP contribution in [0.5, 0.6) is 0 Å². The summed E-state index contributed by atoms with van der Waals surface area (Å²) in [4.78, 5) is 46.8. The van der Waals surface area contributed by atoms with Crippen LogP contribution in [-0.4, -0.2) is 46.3 Å². The van der Waals surface area contributed by atoms with E-state index >= 15 is 0 Å².